The number of piperidine rings is 1. The molecule has 2 N–H and O–H groups in total. The first-order valence-electron chi connectivity index (χ1n) is 9.93. The van der Waals surface area contributed by atoms with Crippen LogP contribution >= 0.6 is 0 Å². The molecular weight excluding hydrogens is 388 g/mol. The van der Waals surface area contributed by atoms with Gasteiger partial charge in [-0.3, -0.25) is 9.89 Å². The second-order valence-corrected chi connectivity index (χ2v) is 10.7. The predicted octanol–water partition coefficient (Wildman–Crippen LogP) is 3.36. The summed E-state index contributed by atoms with van der Waals surface area (Å²) >= 11 is 0. The van der Waals surface area contributed by atoms with Gasteiger partial charge in [-0.2, -0.15) is 9.40 Å². The van der Waals surface area contributed by atoms with Crippen LogP contribution in [0.3, 0.4) is 0 Å². The van der Waals surface area contributed by atoms with Crippen LogP contribution in [-0.4, -0.2) is 41.9 Å². The number of nitrogens with zero attached hydrogens (tertiary/aromatic N) is 2. The minimum atomic E-state index is -3.68. The van der Waals surface area contributed by atoms with Gasteiger partial charge in [0.25, 0.3) is 0 Å². The quantitative estimate of drug-likeness (QED) is 0.796. The van der Waals surface area contributed by atoms with Crippen molar-refractivity contribution in [2.75, 3.05) is 18.4 Å². The van der Waals surface area contributed by atoms with Gasteiger partial charge >= 0.3 is 0 Å². The number of carbonyl (C=O) groups is 1. The van der Waals surface area contributed by atoms with Crippen LogP contribution in [0.15, 0.2) is 29.2 Å². The Morgan fingerprint density at radius 2 is 1.86 bits per heavy atom. The average molecular weight is 419 g/mol. The van der Waals surface area contributed by atoms with E-state index in [2.05, 4.69) is 36.3 Å². The normalized spacial score (nSPS) is 18.6. The molecule has 158 valence electrons. The second kappa shape index (κ2) is 7.91. The maximum absolute atomic E-state index is 13.1. The summed E-state index contributed by atoms with van der Waals surface area (Å²) in [5, 5.41) is 9.67. The molecule has 1 aromatic carbocycles. The topological polar surface area (TPSA) is 95.2 Å². The number of amides is 1. The van der Waals surface area contributed by atoms with E-state index in [1.807, 2.05) is 24.3 Å². The molecule has 29 heavy (non-hydrogen) atoms. The molecule has 1 aromatic heterocycles. The lowest BCUT2D eigenvalue weighted by Crippen LogP contribution is -2.43. The summed E-state index contributed by atoms with van der Waals surface area (Å²) in [7, 11) is -3.68. The van der Waals surface area contributed by atoms with Crippen molar-refractivity contribution in [2.45, 2.75) is 57.8 Å². The van der Waals surface area contributed by atoms with Crippen LogP contribution in [-0.2, 0) is 20.2 Å². The molecule has 1 fully saturated rings. The summed E-state index contributed by atoms with van der Waals surface area (Å²) in [6.45, 7) is 10.4. The predicted molar refractivity (Wildman–Crippen MR) is 113 cm³/mol. The Balaban J connectivity index is 1.71. The van der Waals surface area contributed by atoms with Gasteiger partial charge in [-0.25, -0.2) is 8.42 Å². The molecule has 3 rings (SSSR count). The molecule has 1 aliphatic heterocycles. The fourth-order valence-electron chi connectivity index (χ4n) is 3.72. The maximum Gasteiger partial charge on any atom is 0.246 e. The summed E-state index contributed by atoms with van der Waals surface area (Å²) in [5.41, 5.74) is 2.94. The van der Waals surface area contributed by atoms with Crippen LogP contribution < -0.4 is 5.32 Å². The molecule has 0 saturated carbocycles. The fourth-order valence-corrected chi connectivity index (χ4v) is 5.58. The first-order chi connectivity index (χ1) is 13.5. The first kappa shape index (κ1) is 21.5. The molecule has 0 unspecified atom stereocenters. The number of nitrogens with one attached hydrogen (secondary N) is 2. The number of sulfonamides is 1. The van der Waals surface area contributed by atoms with Crippen LogP contribution in [0.25, 0.3) is 0 Å². The minimum absolute atomic E-state index is 0.0457. The number of H-pyrrole nitrogens is 1. The molecule has 2 aromatic rings. The highest BCUT2D eigenvalue weighted by atomic mass is 32.2. The number of hydrogen-bond donors (Lipinski definition) is 2. The highest BCUT2D eigenvalue weighted by molar-refractivity contribution is 7.89. The first-order valence-corrected chi connectivity index (χ1v) is 11.4. The molecule has 0 aliphatic carbocycles. The van der Waals surface area contributed by atoms with Gasteiger partial charge in [0.1, 0.15) is 4.90 Å². The zero-order valence-electron chi connectivity index (χ0n) is 17.7. The van der Waals surface area contributed by atoms with E-state index < -0.39 is 10.0 Å². The standard InChI is InChI=1S/C21H30N4O3S/c1-14-19(15(2)24-23-14)29(27,28)25-12-6-7-16(13-25)20(26)22-18-10-8-17(9-11-18)21(3,4)5/h8-11,16H,6-7,12-13H2,1-5H3,(H,22,26)(H,23,24)/t16-/m1/s1. The Labute approximate surface area is 172 Å². The summed E-state index contributed by atoms with van der Waals surface area (Å²) in [6.07, 6.45) is 1.32. The van der Waals surface area contributed by atoms with Gasteiger partial charge in [-0.1, -0.05) is 32.9 Å². The number of anilines is 1. The Kier molecular flexibility index (Phi) is 5.87. The van der Waals surface area contributed by atoms with Crippen molar-refractivity contribution in [2.24, 2.45) is 5.92 Å². The zero-order chi connectivity index (χ0) is 21.4. The van der Waals surface area contributed by atoms with E-state index in [0.29, 0.717) is 30.8 Å². The fraction of sp³-hybridized carbons (Fsp3) is 0.524. The van der Waals surface area contributed by atoms with Gasteiger partial charge in [0.15, 0.2) is 0 Å². The molecule has 1 atom stereocenters. The molecule has 1 saturated heterocycles. The number of benzene rings is 1. The Bertz CT molecular complexity index is 968. The van der Waals surface area contributed by atoms with Crippen molar-refractivity contribution >= 4 is 21.6 Å². The molecule has 7 nitrogen and oxygen atoms in total. The van der Waals surface area contributed by atoms with E-state index in [1.54, 1.807) is 13.8 Å². The molecule has 0 bridgehead atoms. The van der Waals surface area contributed by atoms with Crippen molar-refractivity contribution in [3.8, 4) is 0 Å². The number of carbonyl (C=O) groups excluding carboxylic acids is 1. The summed E-state index contributed by atoms with van der Waals surface area (Å²) in [5.74, 6) is -0.526. The molecular formula is C21H30N4O3S. The van der Waals surface area contributed by atoms with E-state index in [9.17, 15) is 13.2 Å². The number of rotatable bonds is 4. The Hall–Kier alpha value is -2.19. The van der Waals surface area contributed by atoms with E-state index in [4.69, 9.17) is 0 Å². The van der Waals surface area contributed by atoms with Crippen molar-refractivity contribution in [3.05, 3.63) is 41.2 Å². The van der Waals surface area contributed by atoms with Gasteiger partial charge in [0.2, 0.25) is 15.9 Å². The summed E-state index contributed by atoms with van der Waals surface area (Å²) in [6, 6.07) is 7.82. The SMILES string of the molecule is Cc1n[nH]c(C)c1S(=O)(=O)N1CCC[C@@H](C(=O)Nc2ccc(C(C)(C)C)cc2)C1. The van der Waals surface area contributed by atoms with Gasteiger partial charge < -0.3 is 5.32 Å². The highest BCUT2D eigenvalue weighted by Crippen LogP contribution is 2.28. The molecule has 0 spiro atoms. The molecule has 1 aliphatic rings. The molecule has 0 radical (unpaired) electrons. The lowest BCUT2D eigenvalue weighted by atomic mass is 9.87. The summed E-state index contributed by atoms with van der Waals surface area (Å²) < 4.78 is 27.6. The third kappa shape index (κ3) is 4.53. The van der Waals surface area contributed by atoms with Crippen LogP contribution in [0.2, 0.25) is 0 Å². The molecule has 2 heterocycles. The monoisotopic (exact) mass is 418 g/mol. The van der Waals surface area contributed by atoms with Crippen LogP contribution in [0.4, 0.5) is 5.69 Å². The number of aromatic nitrogens is 2. The second-order valence-electron chi connectivity index (χ2n) is 8.78. The third-order valence-electron chi connectivity index (χ3n) is 5.43. The van der Waals surface area contributed by atoms with Crippen molar-refractivity contribution < 1.29 is 13.2 Å². The molecule has 1 amide bonds. The van der Waals surface area contributed by atoms with Crippen LogP contribution in [0.5, 0.6) is 0 Å². The van der Waals surface area contributed by atoms with Gasteiger partial charge in [0, 0.05) is 18.8 Å². The van der Waals surface area contributed by atoms with E-state index >= 15 is 0 Å². The lowest BCUT2D eigenvalue weighted by molar-refractivity contribution is -0.120. The van der Waals surface area contributed by atoms with Gasteiger partial charge in [0.05, 0.1) is 17.3 Å². The lowest BCUT2D eigenvalue weighted by Gasteiger charge is -2.31. The molecule has 8 heteroatoms. The Morgan fingerprint density at radius 1 is 1.21 bits per heavy atom. The Morgan fingerprint density at radius 3 is 2.41 bits per heavy atom. The highest BCUT2D eigenvalue weighted by Gasteiger charge is 2.35. The maximum atomic E-state index is 13.1. The zero-order valence-corrected chi connectivity index (χ0v) is 18.6. The van der Waals surface area contributed by atoms with Crippen molar-refractivity contribution in [1.29, 1.82) is 0 Å². The minimum Gasteiger partial charge on any atom is -0.326 e. The summed E-state index contributed by atoms with van der Waals surface area (Å²) in [4.78, 5) is 13.0. The van der Waals surface area contributed by atoms with Crippen LogP contribution in [0, 0.1) is 19.8 Å². The number of aryl methyl sites for hydroxylation is 2. The number of aromatic amines is 1. The smallest absolute Gasteiger partial charge is 0.246 e. The number of hydrogen-bond acceptors (Lipinski definition) is 4. The van der Waals surface area contributed by atoms with Gasteiger partial charge in [-0.15, -0.1) is 0 Å². The van der Waals surface area contributed by atoms with Crippen LogP contribution in [0.1, 0.15) is 50.6 Å². The van der Waals surface area contributed by atoms with E-state index in [0.717, 1.165) is 5.69 Å². The third-order valence-corrected chi connectivity index (χ3v) is 7.56. The van der Waals surface area contributed by atoms with E-state index in [-0.39, 0.29) is 28.7 Å². The van der Waals surface area contributed by atoms with E-state index in [1.165, 1.54) is 9.87 Å². The van der Waals surface area contributed by atoms with Crippen molar-refractivity contribution in [3.63, 3.8) is 0 Å². The largest absolute Gasteiger partial charge is 0.326 e. The van der Waals surface area contributed by atoms with Gasteiger partial charge in [-0.05, 0) is 49.8 Å². The average Bonchev–Trinajstić information content (AvgIpc) is 3.00. The van der Waals surface area contributed by atoms with Crippen molar-refractivity contribution in [1.82, 2.24) is 14.5 Å².